The van der Waals surface area contributed by atoms with Crippen molar-refractivity contribution in [2.75, 3.05) is 17.3 Å². The summed E-state index contributed by atoms with van der Waals surface area (Å²) in [5, 5.41) is 5.49. The molecule has 1 aromatic heterocycles. The Morgan fingerprint density at radius 2 is 2.20 bits per heavy atom. The molecular weight excluding hydrogens is 274 g/mol. The Balaban J connectivity index is 2.68. The first-order valence-electron chi connectivity index (χ1n) is 6.58. The van der Waals surface area contributed by atoms with Crippen LogP contribution >= 0.6 is 11.8 Å². The lowest BCUT2D eigenvalue weighted by atomic mass is 10.2. The Kier molecular flexibility index (Phi) is 7.08. The van der Waals surface area contributed by atoms with E-state index in [-0.39, 0.29) is 11.8 Å². The molecule has 0 spiro atoms. The van der Waals surface area contributed by atoms with Crippen LogP contribution in [0.15, 0.2) is 18.3 Å². The van der Waals surface area contributed by atoms with Gasteiger partial charge in [-0.3, -0.25) is 9.59 Å². The summed E-state index contributed by atoms with van der Waals surface area (Å²) in [7, 11) is 0. The van der Waals surface area contributed by atoms with Crippen LogP contribution in [0.1, 0.15) is 25.3 Å². The molecule has 2 amide bonds. The highest BCUT2D eigenvalue weighted by Crippen LogP contribution is 2.08. The number of nitrogens with zero attached hydrogens (tertiary/aromatic N) is 1. The summed E-state index contributed by atoms with van der Waals surface area (Å²) >= 11 is 1.64. The molecule has 0 bridgehead atoms. The molecule has 5 nitrogen and oxygen atoms in total. The number of carbonyl (C=O) groups excluding carboxylic acids is 2. The predicted octanol–water partition coefficient (Wildman–Crippen LogP) is 1.98. The Morgan fingerprint density at radius 3 is 2.80 bits per heavy atom. The van der Waals surface area contributed by atoms with Gasteiger partial charge in [0.05, 0.1) is 0 Å². The second-order valence-corrected chi connectivity index (χ2v) is 5.45. The SMILES string of the molecule is CCC(=O)NC(CCSC)C(=O)Nc1cc(C)ccn1. The topological polar surface area (TPSA) is 71.1 Å². The number of amides is 2. The molecule has 20 heavy (non-hydrogen) atoms. The maximum atomic E-state index is 12.2. The molecule has 1 rings (SSSR count). The molecule has 0 fully saturated rings. The van der Waals surface area contributed by atoms with E-state index in [9.17, 15) is 9.59 Å². The Labute approximate surface area is 123 Å². The van der Waals surface area contributed by atoms with E-state index in [0.717, 1.165) is 11.3 Å². The summed E-state index contributed by atoms with van der Waals surface area (Å²) in [5.41, 5.74) is 1.02. The molecule has 0 aliphatic heterocycles. The van der Waals surface area contributed by atoms with Crippen molar-refractivity contribution in [3.63, 3.8) is 0 Å². The summed E-state index contributed by atoms with van der Waals surface area (Å²) in [6, 6.07) is 3.14. The van der Waals surface area contributed by atoms with Gasteiger partial charge in [0.2, 0.25) is 11.8 Å². The molecule has 0 saturated heterocycles. The number of nitrogens with one attached hydrogen (secondary N) is 2. The van der Waals surface area contributed by atoms with Gasteiger partial charge < -0.3 is 10.6 Å². The van der Waals surface area contributed by atoms with Gasteiger partial charge in [0.25, 0.3) is 0 Å². The second kappa shape index (κ2) is 8.58. The van der Waals surface area contributed by atoms with Crippen molar-refractivity contribution in [1.29, 1.82) is 0 Å². The normalized spacial score (nSPS) is 11.8. The lowest BCUT2D eigenvalue weighted by molar-refractivity contribution is -0.126. The molecule has 0 aromatic carbocycles. The quantitative estimate of drug-likeness (QED) is 0.807. The first-order valence-corrected chi connectivity index (χ1v) is 7.98. The van der Waals surface area contributed by atoms with Crippen molar-refractivity contribution in [3.8, 4) is 0 Å². The fourth-order valence-electron chi connectivity index (χ4n) is 1.62. The summed E-state index contributed by atoms with van der Waals surface area (Å²) in [5.74, 6) is 0.973. The van der Waals surface area contributed by atoms with Crippen LogP contribution in [0, 0.1) is 6.92 Å². The van der Waals surface area contributed by atoms with Gasteiger partial charge in [0.1, 0.15) is 11.9 Å². The number of aryl methyl sites for hydroxylation is 1. The van der Waals surface area contributed by atoms with Gasteiger partial charge in [-0.25, -0.2) is 4.98 Å². The largest absolute Gasteiger partial charge is 0.344 e. The molecule has 1 aromatic rings. The molecule has 2 N–H and O–H groups in total. The van der Waals surface area contributed by atoms with Crippen LogP contribution < -0.4 is 10.6 Å². The van der Waals surface area contributed by atoms with E-state index >= 15 is 0 Å². The summed E-state index contributed by atoms with van der Waals surface area (Å²) in [4.78, 5) is 27.8. The van der Waals surface area contributed by atoms with Crippen LogP contribution in [0.5, 0.6) is 0 Å². The first kappa shape index (κ1) is 16.5. The maximum absolute atomic E-state index is 12.2. The third-order valence-electron chi connectivity index (χ3n) is 2.75. The Bertz CT molecular complexity index is 465. The molecule has 6 heteroatoms. The molecule has 0 aliphatic carbocycles. The minimum absolute atomic E-state index is 0.122. The zero-order valence-electron chi connectivity index (χ0n) is 12.1. The number of carbonyl (C=O) groups is 2. The number of anilines is 1. The molecule has 0 radical (unpaired) electrons. The van der Waals surface area contributed by atoms with Crippen LogP contribution in [0.2, 0.25) is 0 Å². The fraction of sp³-hybridized carbons (Fsp3) is 0.500. The van der Waals surface area contributed by atoms with Gasteiger partial charge in [0, 0.05) is 12.6 Å². The van der Waals surface area contributed by atoms with Crippen molar-refractivity contribution in [1.82, 2.24) is 10.3 Å². The van der Waals surface area contributed by atoms with Crippen molar-refractivity contribution < 1.29 is 9.59 Å². The number of rotatable bonds is 7. The van der Waals surface area contributed by atoms with E-state index in [1.54, 1.807) is 30.9 Å². The van der Waals surface area contributed by atoms with Crippen molar-refractivity contribution in [2.45, 2.75) is 32.7 Å². The van der Waals surface area contributed by atoms with E-state index in [1.807, 2.05) is 19.2 Å². The Hall–Kier alpha value is -1.56. The minimum atomic E-state index is -0.516. The van der Waals surface area contributed by atoms with Crippen LogP contribution in [0.25, 0.3) is 0 Å². The molecule has 1 unspecified atom stereocenters. The number of aromatic nitrogens is 1. The lowest BCUT2D eigenvalue weighted by Gasteiger charge is -2.17. The van der Waals surface area contributed by atoms with Crippen LogP contribution in [0.4, 0.5) is 5.82 Å². The molecular formula is C14H21N3O2S. The average molecular weight is 295 g/mol. The third-order valence-corrected chi connectivity index (χ3v) is 3.39. The average Bonchev–Trinajstić information content (AvgIpc) is 2.43. The number of hydrogen-bond donors (Lipinski definition) is 2. The van der Waals surface area contributed by atoms with Crippen molar-refractivity contribution in [3.05, 3.63) is 23.9 Å². The van der Waals surface area contributed by atoms with Gasteiger partial charge in [-0.15, -0.1) is 0 Å². The number of thioether (sulfide) groups is 1. The maximum Gasteiger partial charge on any atom is 0.248 e. The van der Waals surface area contributed by atoms with Gasteiger partial charge >= 0.3 is 0 Å². The minimum Gasteiger partial charge on any atom is -0.344 e. The van der Waals surface area contributed by atoms with E-state index in [2.05, 4.69) is 15.6 Å². The first-order chi connectivity index (χ1) is 9.56. The van der Waals surface area contributed by atoms with Crippen LogP contribution in [-0.2, 0) is 9.59 Å². The summed E-state index contributed by atoms with van der Waals surface area (Å²) < 4.78 is 0. The van der Waals surface area contributed by atoms with Crippen LogP contribution in [0.3, 0.4) is 0 Å². The molecule has 0 aliphatic rings. The predicted molar refractivity (Wildman–Crippen MR) is 82.8 cm³/mol. The highest BCUT2D eigenvalue weighted by Gasteiger charge is 2.20. The lowest BCUT2D eigenvalue weighted by Crippen LogP contribution is -2.44. The summed E-state index contributed by atoms with van der Waals surface area (Å²) in [6.45, 7) is 3.70. The standard InChI is InChI=1S/C14H21N3O2S/c1-4-13(18)16-11(6-8-20-3)14(19)17-12-9-10(2)5-7-15-12/h5,7,9,11H,4,6,8H2,1-3H3,(H,16,18)(H,15,17,19). The van der Waals surface area contributed by atoms with E-state index < -0.39 is 6.04 Å². The fourth-order valence-corrected chi connectivity index (χ4v) is 2.09. The molecule has 1 atom stereocenters. The van der Waals surface area contributed by atoms with Gasteiger partial charge in [-0.1, -0.05) is 6.92 Å². The van der Waals surface area contributed by atoms with E-state index in [1.165, 1.54) is 0 Å². The van der Waals surface area contributed by atoms with Crippen molar-refractivity contribution >= 4 is 29.4 Å². The van der Waals surface area contributed by atoms with E-state index in [4.69, 9.17) is 0 Å². The monoisotopic (exact) mass is 295 g/mol. The van der Waals surface area contributed by atoms with Crippen LogP contribution in [-0.4, -0.2) is 34.8 Å². The van der Waals surface area contributed by atoms with Gasteiger partial charge in [-0.2, -0.15) is 11.8 Å². The van der Waals surface area contributed by atoms with E-state index in [0.29, 0.717) is 18.7 Å². The van der Waals surface area contributed by atoms with Gasteiger partial charge in [-0.05, 0) is 43.0 Å². The molecule has 1 heterocycles. The zero-order chi connectivity index (χ0) is 15.0. The summed E-state index contributed by atoms with van der Waals surface area (Å²) in [6.07, 6.45) is 4.58. The highest BCUT2D eigenvalue weighted by atomic mass is 32.2. The third kappa shape index (κ3) is 5.61. The Morgan fingerprint density at radius 1 is 1.45 bits per heavy atom. The molecule has 0 saturated carbocycles. The molecule has 110 valence electrons. The smallest absolute Gasteiger partial charge is 0.248 e. The number of hydrogen-bond acceptors (Lipinski definition) is 4. The second-order valence-electron chi connectivity index (χ2n) is 4.46. The van der Waals surface area contributed by atoms with Gasteiger partial charge in [0.15, 0.2) is 0 Å². The van der Waals surface area contributed by atoms with Crippen molar-refractivity contribution in [2.24, 2.45) is 0 Å². The zero-order valence-corrected chi connectivity index (χ0v) is 12.9. The highest BCUT2D eigenvalue weighted by molar-refractivity contribution is 7.98. The number of pyridine rings is 1.